The number of thiazole rings is 1. The summed E-state index contributed by atoms with van der Waals surface area (Å²) in [6, 6.07) is 13.2. The van der Waals surface area contributed by atoms with Gasteiger partial charge in [-0.25, -0.2) is 4.98 Å². The molecule has 0 aliphatic carbocycles. The minimum atomic E-state index is -0.149. The number of anilines is 1. The number of hydrogen-bond donors (Lipinski definition) is 1. The monoisotopic (exact) mass is 352 g/mol. The van der Waals surface area contributed by atoms with Crippen LogP contribution in [0.1, 0.15) is 32.2 Å². The highest BCUT2D eigenvalue weighted by Crippen LogP contribution is 2.20. The fourth-order valence-electron chi connectivity index (χ4n) is 2.42. The number of carbonyl (C=O) groups is 1. The first-order chi connectivity index (χ1) is 12.0. The molecule has 0 radical (unpaired) electrons. The molecule has 4 nitrogen and oxygen atoms in total. The predicted molar refractivity (Wildman–Crippen MR) is 101 cm³/mol. The van der Waals surface area contributed by atoms with E-state index in [1.807, 2.05) is 56.5 Å². The van der Waals surface area contributed by atoms with E-state index >= 15 is 0 Å². The van der Waals surface area contributed by atoms with Crippen LogP contribution < -0.4 is 10.1 Å². The lowest BCUT2D eigenvalue weighted by atomic mass is 10.1. The van der Waals surface area contributed by atoms with E-state index in [1.54, 1.807) is 23.5 Å². The summed E-state index contributed by atoms with van der Waals surface area (Å²) >= 11 is 1.60. The van der Waals surface area contributed by atoms with Crippen LogP contribution in [0.4, 0.5) is 5.69 Å². The van der Waals surface area contributed by atoms with E-state index in [-0.39, 0.29) is 5.91 Å². The van der Waals surface area contributed by atoms with Gasteiger partial charge in [0, 0.05) is 16.6 Å². The summed E-state index contributed by atoms with van der Waals surface area (Å²) < 4.78 is 5.75. The Morgan fingerprint density at radius 3 is 2.76 bits per heavy atom. The second-order valence-electron chi connectivity index (χ2n) is 5.95. The molecule has 0 saturated carbocycles. The van der Waals surface area contributed by atoms with E-state index in [2.05, 4.69) is 10.3 Å². The molecule has 0 saturated heterocycles. The maximum Gasteiger partial charge on any atom is 0.255 e. The summed E-state index contributed by atoms with van der Waals surface area (Å²) in [5, 5.41) is 5.96. The highest BCUT2D eigenvalue weighted by Gasteiger charge is 2.09. The quantitative estimate of drug-likeness (QED) is 0.710. The third-order valence-electron chi connectivity index (χ3n) is 3.79. The second-order valence-corrected chi connectivity index (χ2v) is 7.01. The van der Waals surface area contributed by atoms with Crippen molar-refractivity contribution in [2.24, 2.45) is 0 Å². The molecule has 0 aliphatic rings. The lowest BCUT2D eigenvalue weighted by Gasteiger charge is -2.10. The summed E-state index contributed by atoms with van der Waals surface area (Å²) in [5.41, 5.74) is 4.43. The first-order valence-electron chi connectivity index (χ1n) is 8.04. The first-order valence-corrected chi connectivity index (χ1v) is 8.92. The minimum Gasteiger partial charge on any atom is -0.487 e. The van der Waals surface area contributed by atoms with Crippen LogP contribution in [0.3, 0.4) is 0 Å². The Morgan fingerprint density at radius 1 is 1.16 bits per heavy atom. The maximum atomic E-state index is 12.5. The van der Waals surface area contributed by atoms with Gasteiger partial charge in [-0.1, -0.05) is 18.2 Å². The van der Waals surface area contributed by atoms with Crippen LogP contribution in [0.5, 0.6) is 5.75 Å². The van der Waals surface area contributed by atoms with Gasteiger partial charge in [0.15, 0.2) is 0 Å². The minimum absolute atomic E-state index is 0.149. The zero-order chi connectivity index (χ0) is 17.8. The SMILES string of the molecule is Cc1ccc(C)c(NC(=O)c2cccc(OCc3csc(C)n3)c2)c1. The summed E-state index contributed by atoms with van der Waals surface area (Å²) in [6.45, 7) is 6.34. The zero-order valence-corrected chi connectivity index (χ0v) is 15.3. The number of nitrogens with one attached hydrogen (secondary N) is 1. The summed E-state index contributed by atoms with van der Waals surface area (Å²) in [4.78, 5) is 16.9. The number of aromatic nitrogens is 1. The number of amides is 1. The normalized spacial score (nSPS) is 10.5. The molecule has 128 valence electrons. The Hall–Kier alpha value is -2.66. The van der Waals surface area contributed by atoms with Crippen LogP contribution in [0.25, 0.3) is 0 Å². The van der Waals surface area contributed by atoms with E-state index in [4.69, 9.17) is 4.74 Å². The third-order valence-corrected chi connectivity index (χ3v) is 4.61. The van der Waals surface area contributed by atoms with Crippen molar-refractivity contribution in [2.75, 3.05) is 5.32 Å². The molecule has 0 fully saturated rings. The number of benzene rings is 2. The van der Waals surface area contributed by atoms with Gasteiger partial charge < -0.3 is 10.1 Å². The number of carbonyl (C=O) groups excluding carboxylic acids is 1. The predicted octanol–water partition coefficient (Wildman–Crippen LogP) is 4.90. The summed E-state index contributed by atoms with van der Waals surface area (Å²) in [6.07, 6.45) is 0. The number of aryl methyl sites for hydroxylation is 3. The molecule has 1 heterocycles. The average molecular weight is 352 g/mol. The number of ether oxygens (including phenoxy) is 1. The Bertz CT molecular complexity index is 902. The van der Waals surface area contributed by atoms with Gasteiger partial charge in [-0.2, -0.15) is 0 Å². The fourth-order valence-corrected chi connectivity index (χ4v) is 3.02. The summed E-state index contributed by atoms with van der Waals surface area (Å²) in [5.74, 6) is 0.503. The van der Waals surface area contributed by atoms with E-state index in [9.17, 15) is 4.79 Å². The van der Waals surface area contributed by atoms with Gasteiger partial charge in [0.05, 0.1) is 10.7 Å². The molecule has 0 unspecified atom stereocenters. The number of rotatable bonds is 5. The van der Waals surface area contributed by atoms with Gasteiger partial charge >= 0.3 is 0 Å². The van der Waals surface area contributed by atoms with Crippen LogP contribution in [0.2, 0.25) is 0 Å². The van der Waals surface area contributed by atoms with Gasteiger partial charge in [0.2, 0.25) is 0 Å². The molecule has 2 aromatic carbocycles. The number of hydrogen-bond acceptors (Lipinski definition) is 4. The zero-order valence-electron chi connectivity index (χ0n) is 14.5. The molecule has 1 amide bonds. The lowest BCUT2D eigenvalue weighted by molar-refractivity contribution is 0.102. The highest BCUT2D eigenvalue weighted by atomic mass is 32.1. The van der Waals surface area contributed by atoms with Gasteiger partial charge in [-0.3, -0.25) is 4.79 Å². The Morgan fingerprint density at radius 2 is 2.00 bits per heavy atom. The Labute approximate surface area is 151 Å². The largest absolute Gasteiger partial charge is 0.487 e. The second kappa shape index (κ2) is 7.49. The fraction of sp³-hybridized carbons (Fsp3) is 0.200. The standard InChI is InChI=1S/C20H20N2O2S/c1-13-7-8-14(2)19(9-13)22-20(23)16-5-4-6-18(10-16)24-11-17-12-25-15(3)21-17/h4-10,12H,11H2,1-3H3,(H,22,23). The van der Waals surface area contributed by atoms with E-state index in [0.29, 0.717) is 17.9 Å². The number of nitrogens with zero attached hydrogens (tertiary/aromatic N) is 1. The molecular formula is C20H20N2O2S. The van der Waals surface area contributed by atoms with Crippen LogP contribution in [0.15, 0.2) is 47.8 Å². The molecule has 0 bridgehead atoms. The van der Waals surface area contributed by atoms with Crippen molar-refractivity contribution < 1.29 is 9.53 Å². The Balaban J connectivity index is 1.69. The average Bonchev–Trinajstić information content (AvgIpc) is 3.02. The molecule has 0 aliphatic heterocycles. The molecule has 0 atom stereocenters. The van der Waals surface area contributed by atoms with E-state index in [1.165, 1.54) is 0 Å². The van der Waals surface area contributed by atoms with Crippen molar-refractivity contribution in [1.82, 2.24) is 4.98 Å². The van der Waals surface area contributed by atoms with Gasteiger partial charge in [-0.05, 0) is 56.2 Å². The molecular weight excluding hydrogens is 332 g/mol. The van der Waals surface area contributed by atoms with Gasteiger partial charge in [-0.15, -0.1) is 11.3 Å². The van der Waals surface area contributed by atoms with Gasteiger partial charge in [0.25, 0.3) is 5.91 Å². The first kappa shape index (κ1) is 17.2. The Kier molecular flexibility index (Phi) is 5.14. The van der Waals surface area contributed by atoms with Crippen molar-refractivity contribution in [2.45, 2.75) is 27.4 Å². The molecule has 3 rings (SSSR count). The van der Waals surface area contributed by atoms with Crippen molar-refractivity contribution >= 4 is 22.9 Å². The van der Waals surface area contributed by atoms with Crippen LogP contribution >= 0.6 is 11.3 Å². The van der Waals surface area contributed by atoms with Crippen LogP contribution in [-0.4, -0.2) is 10.9 Å². The van der Waals surface area contributed by atoms with E-state index < -0.39 is 0 Å². The molecule has 1 aromatic heterocycles. The van der Waals surface area contributed by atoms with Gasteiger partial charge in [0.1, 0.15) is 12.4 Å². The van der Waals surface area contributed by atoms with Crippen molar-refractivity contribution in [3.63, 3.8) is 0 Å². The lowest BCUT2D eigenvalue weighted by Crippen LogP contribution is -2.13. The highest BCUT2D eigenvalue weighted by molar-refractivity contribution is 7.09. The van der Waals surface area contributed by atoms with Crippen LogP contribution in [-0.2, 0) is 6.61 Å². The topological polar surface area (TPSA) is 51.2 Å². The summed E-state index contributed by atoms with van der Waals surface area (Å²) in [7, 11) is 0. The molecule has 25 heavy (non-hydrogen) atoms. The van der Waals surface area contributed by atoms with E-state index in [0.717, 1.165) is 27.5 Å². The molecule has 3 aromatic rings. The maximum absolute atomic E-state index is 12.5. The van der Waals surface area contributed by atoms with Crippen molar-refractivity contribution in [1.29, 1.82) is 0 Å². The molecule has 1 N–H and O–H groups in total. The van der Waals surface area contributed by atoms with Crippen LogP contribution in [0, 0.1) is 20.8 Å². The molecule has 5 heteroatoms. The van der Waals surface area contributed by atoms with Crippen molar-refractivity contribution in [3.05, 3.63) is 75.2 Å². The smallest absolute Gasteiger partial charge is 0.255 e. The van der Waals surface area contributed by atoms with Crippen molar-refractivity contribution in [3.8, 4) is 5.75 Å². The molecule has 0 spiro atoms. The third kappa shape index (κ3) is 4.45.